The van der Waals surface area contributed by atoms with Crippen LogP contribution < -0.4 is 16.4 Å². The molecule has 0 bridgehead atoms. The highest BCUT2D eigenvalue weighted by molar-refractivity contribution is 6.25. The molecule has 2 aliphatic rings. The SMILES string of the molecule is CCCCCCCCC(Nc1cccc2c1C(=O)N(C1CCC(=O)NC1=O)C2=O)C(N)=O. The fourth-order valence-corrected chi connectivity index (χ4v) is 4.24. The molecule has 0 aliphatic carbocycles. The molecule has 0 aromatic heterocycles. The number of nitrogens with two attached hydrogens (primary N) is 1. The van der Waals surface area contributed by atoms with Gasteiger partial charge in [-0.15, -0.1) is 0 Å². The standard InChI is InChI=1S/C23H30N4O5/c1-2-3-4-5-6-7-10-16(20(24)29)25-15-11-8-9-14-19(15)23(32)27(22(14)31)17-12-13-18(28)26-21(17)30/h8-9,11,16-17,25H,2-7,10,12-13H2,1H3,(H2,24,29)(H,26,28,30). The van der Waals surface area contributed by atoms with Crippen molar-refractivity contribution in [2.24, 2.45) is 5.73 Å². The van der Waals surface area contributed by atoms with E-state index in [9.17, 15) is 24.0 Å². The molecule has 32 heavy (non-hydrogen) atoms. The lowest BCUT2D eigenvalue weighted by atomic mass is 10.0. The lowest BCUT2D eigenvalue weighted by molar-refractivity contribution is -0.136. The van der Waals surface area contributed by atoms with E-state index in [4.69, 9.17) is 5.73 Å². The van der Waals surface area contributed by atoms with Crippen molar-refractivity contribution in [3.8, 4) is 0 Å². The van der Waals surface area contributed by atoms with Crippen LogP contribution >= 0.6 is 0 Å². The van der Waals surface area contributed by atoms with Gasteiger partial charge in [0.25, 0.3) is 11.8 Å². The number of carbonyl (C=O) groups excluding carboxylic acids is 5. The van der Waals surface area contributed by atoms with E-state index >= 15 is 0 Å². The van der Waals surface area contributed by atoms with Gasteiger partial charge >= 0.3 is 0 Å². The van der Waals surface area contributed by atoms with Crippen molar-refractivity contribution in [1.29, 1.82) is 0 Å². The van der Waals surface area contributed by atoms with Crippen LogP contribution in [0.2, 0.25) is 0 Å². The van der Waals surface area contributed by atoms with E-state index in [0.717, 1.165) is 37.0 Å². The van der Waals surface area contributed by atoms with Gasteiger partial charge in [0.15, 0.2) is 0 Å². The zero-order valence-corrected chi connectivity index (χ0v) is 18.3. The van der Waals surface area contributed by atoms with E-state index in [1.807, 2.05) is 0 Å². The summed E-state index contributed by atoms with van der Waals surface area (Å²) in [6.07, 6.45) is 7.05. The number of amides is 5. The van der Waals surface area contributed by atoms with Crippen LogP contribution in [0.3, 0.4) is 0 Å². The number of piperidine rings is 1. The molecule has 1 fully saturated rings. The molecule has 2 unspecified atom stereocenters. The molecule has 5 amide bonds. The second-order valence-corrected chi connectivity index (χ2v) is 8.33. The van der Waals surface area contributed by atoms with Gasteiger partial charge in [-0.3, -0.25) is 34.2 Å². The Morgan fingerprint density at radius 3 is 2.53 bits per heavy atom. The summed E-state index contributed by atoms with van der Waals surface area (Å²) in [4.78, 5) is 62.7. The molecule has 9 heteroatoms. The summed E-state index contributed by atoms with van der Waals surface area (Å²) in [5, 5.41) is 5.22. The van der Waals surface area contributed by atoms with Gasteiger partial charge in [0.2, 0.25) is 17.7 Å². The molecule has 2 atom stereocenters. The van der Waals surface area contributed by atoms with E-state index in [1.54, 1.807) is 12.1 Å². The number of fused-ring (bicyclic) bond motifs is 1. The van der Waals surface area contributed by atoms with E-state index in [0.29, 0.717) is 12.1 Å². The Bertz CT molecular complexity index is 929. The van der Waals surface area contributed by atoms with E-state index in [2.05, 4.69) is 17.6 Å². The molecule has 4 N–H and O–H groups in total. The molecule has 1 aromatic rings. The minimum Gasteiger partial charge on any atom is -0.373 e. The van der Waals surface area contributed by atoms with Crippen molar-refractivity contribution in [1.82, 2.24) is 10.2 Å². The van der Waals surface area contributed by atoms with Crippen LogP contribution in [-0.4, -0.2) is 46.5 Å². The van der Waals surface area contributed by atoms with Gasteiger partial charge in [0.05, 0.1) is 11.1 Å². The largest absolute Gasteiger partial charge is 0.373 e. The highest BCUT2D eigenvalue weighted by Gasteiger charge is 2.45. The summed E-state index contributed by atoms with van der Waals surface area (Å²) in [5.41, 5.74) is 6.20. The maximum atomic E-state index is 13.2. The first kappa shape index (κ1) is 23.4. The van der Waals surface area contributed by atoms with Crippen molar-refractivity contribution in [3.05, 3.63) is 29.3 Å². The van der Waals surface area contributed by atoms with E-state index < -0.39 is 41.6 Å². The summed E-state index contributed by atoms with van der Waals surface area (Å²) in [7, 11) is 0. The van der Waals surface area contributed by atoms with Crippen molar-refractivity contribution in [2.75, 3.05) is 5.32 Å². The van der Waals surface area contributed by atoms with Gasteiger partial charge in [-0.05, 0) is 25.0 Å². The molecule has 9 nitrogen and oxygen atoms in total. The predicted octanol–water partition coefficient (Wildman–Crippen LogP) is 2.10. The van der Waals surface area contributed by atoms with Gasteiger partial charge in [-0.2, -0.15) is 0 Å². The van der Waals surface area contributed by atoms with Crippen LogP contribution in [0, 0.1) is 0 Å². The van der Waals surface area contributed by atoms with Crippen LogP contribution in [0.5, 0.6) is 0 Å². The maximum Gasteiger partial charge on any atom is 0.264 e. The number of benzene rings is 1. The highest BCUT2D eigenvalue weighted by atomic mass is 16.2. The third-order valence-corrected chi connectivity index (χ3v) is 5.99. The number of primary amides is 1. The first-order valence-corrected chi connectivity index (χ1v) is 11.3. The fourth-order valence-electron chi connectivity index (χ4n) is 4.24. The predicted molar refractivity (Wildman–Crippen MR) is 118 cm³/mol. The first-order chi connectivity index (χ1) is 15.3. The number of anilines is 1. The molecule has 0 saturated carbocycles. The zero-order valence-electron chi connectivity index (χ0n) is 18.3. The molecule has 1 saturated heterocycles. The van der Waals surface area contributed by atoms with Crippen molar-refractivity contribution in [3.63, 3.8) is 0 Å². The average Bonchev–Trinajstić information content (AvgIpc) is 3.01. The summed E-state index contributed by atoms with van der Waals surface area (Å²) < 4.78 is 0. The van der Waals surface area contributed by atoms with Crippen LogP contribution in [0.1, 0.15) is 85.4 Å². The Hall–Kier alpha value is -3.23. The third kappa shape index (κ3) is 4.98. The molecular formula is C23H30N4O5. The van der Waals surface area contributed by atoms with E-state index in [1.165, 1.54) is 12.5 Å². The van der Waals surface area contributed by atoms with Crippen molar-refractivity contribution in [2.45, 2.75) is 76.8 Å². The van der Waals surface area contributed by atoms with Gasteiger partial charge in [-0.1, -0.05) is 51.5 Å². The van der Waals surface area contributed by atoms with Crippen molar-refractivity contribution < 1.29 is 24.0 Å². The maximum absolute atomic E-state index is 13.2. The number of hydrogen-bond acceptors (Lipinski definition) is 6. The number of imide groups is 2. The minimum absolute atomic E-state index is 0.0525. The normalized spacial score (nSPS) is 19.0. The van der Waals surface area contributed by atoms with Crippen LogP contribution in [0.25, 0.3) is 0 Å². The topological polar surface area (TPSA) is 139 Å². The first-order valence-electron chi connectivity index (χ1n) is 11.3. The number of hydrogen-bond donors (Lipinski definition) is 3. The lowest BCUT2D eigenvalue weighted by Crippen LogP contribution is -2.54. The number of nitrogens with zero attached hydrogens (tertiary/aromatic N) is 1. The number of rotatable bonds is 11. The molecule has 1 aromatic carbocycles. The Morgan fingerprint density at radius 1 is 1.12 bits per heavy atom. The Kier molecular flexibility index (Phi) is 7.61. The molecule has 172 valence electrons. The Balaban J connectivity index is 1.74. The smallest absolute Gasteiger partial charge is 0.264 e. The van der Waals surface area contributed by atoms with Gasteiger partial charge in [-0.25, -0.2) is 0 Å². The van der Waals surface area contributed by atoms with Crippen LogP contribution in [0.4, 0.5) is 5.69 Å². The van der Waals surface area contributed by atoms with Crippen LogP contribution in [-0.2, 0) is 14.4 Å². The molecule has 3 rings (SSSR count). The second-order valence-electron chi connectivity index (χ2n) is 8.33. The average molecular weight is 443 g/mol. The lowest BCUT2D eigenvalue weighted by Gasteiger charge is -2.28. The monoisotopic (exact) mass is 442 g/mol. The third-order valence-electron chi connectivity index (χ3n) is 5.99. The highest BCUT2D eigenvalue weighted by Crippen LogP contribution is 2.33. The molecule has 0 radical (unpaired) electrons. The molecular weight excluding hydrogens is 412 g/mol. The Labute approximate surface area is 187 Å². The summed E-state index contributed by atoms with van der Waals surface area (Å²) in [6, 6.07) is 3.03. The number of carbonyl (C=O) groups is 5. The van der Waals surface area contributed by atoms with Crippen molar-refractivity contribution >= 4 is 35.2 Å². The Morgan fingerprint density at radius 2 is 1.84 bits per heavy atom. The van der Waals surface area contributed by atoms with Crippen LogP contribution in [0.15, 0.2) is 18.2 Å². The second kappa shape index (κ2) is 10.4. The van der Waals surface area contributed by atoms with E-state index in [-0.39, 0.29) is 24.0 Å². The summed E-state index contributed by atoms with van der Waals surface area (Å²) in [6.45, 7) is 2.15. The zero-order chi connectivity index (χ0) is 23.3. The van der Waals surface area contributed by atoms with Gasteiger partial charge in [0, 0.05) is 12.1 Å². The fraction of sp³-hybridized carbons (Fsp3) is 0.522. The molecule has 0 spiro atoms. The summed E-state index contributed by atoms with van der Waals surface area (Å²) in [5.74, 6) is -2.83. The van der Waals surface area contributed by atoms with Gasteiger partial charge in [0.1, 0.15) is 12.1 Å². The summed E-state index contributed by atoms with van der Waals surface area (Å²) >= 11 is 0. The molecule has 2 heterocycles. The van der Waals surface area contributed by atoms with Gasteiger partial charge < -0.3 is 11.1 Å². The number of unbranched alkanes of at least 4 members (excludes halogenated alkanes) is 5. The quantitative estimate of drug-likeness (QED) is 0.354. The molecule has 2 aliphatic heterocycles. The number of nitrogens with one attached hydrogen (secondary N) is 2. The minimum atomic E-state index is -1.04.